The molecule has 0 aromatic rings. The Labute approximate surface area is 82.1 Å². The normalized spacial score (nSPS) is 32.2. The van der Waals surface area contributed by atoms with Crippen LogP contribution in [0.15, 0.2) is 0 Å². The molecule has 0 spiro atoms. The SMILES string of the molecule is FCCCC1CCC(I)CC1. The average Bonchev–Trinajstić information content (AvgIpc) is 2.04. The van der Waals surface area contributed by atoms with Gasteiger partial charge in [0.2, 0.25) is 0 Å². The minimum Gasteiger partial charge on any atom is -0.251 e. The summed E-state index contributed by atoms with van der Waals surface area (Å²) in [5, 5.41) is 0. The smallest absolute Gasteiger partial charge is 0.0894 e. The van der Waals surface area contributed by atoms with Crippen molar-refractivity contribution in [1.82, 2.24) is 0 Å². The van der Waals surface area contributed by atoms with E-state index < -0.39 is 0 Å². The quantitative estimate of drug-likeness (QED) is 0.541. The molecular weight excluding hydrogens is 254 g/mol. The summed E-state index contributed by atoms with van der Waals surface area (Å²) in [6.45, 7) is -0.121. The number of hydrogen-bond acceptors (Lipinski definition) is 0. The predicted octanol–water partition coefficient (Wildman–Crippen LogP) is 3.73. The van der Waals surface area contributed by atoms with Gasteiger partial charge in [-0.3, -0.25) is 4.39 Å². The Kier molecular flexibility index (Phi) is 4.72. The highest BCUT2D eigenvalue weighted by molar-refractivity contribution is 14.1. The van der Waals surface area contributed by atoms with Gasteiger partial charge in [0.1, 0.15) is 0 Å². The van der Waals surface area contributed by atoms with Crippen LogP contribution in [0.2, 0.25) is 0 Å². The van der Waals surface area contributed by atoms with Crippen LogP contribution in [-0.2, 0) is 0 Å². The molecule has 0 radical (unpaired) electrons. The molecule has 0 aromatic carbocycles. The molecule has 0 saturated heterocycles. The molecule has 0 bridgehead atoms. The third-order valence-electron chi connectivity index (χ3n) is 2.52. The van der Waals surface area contributed by atoms with Crippen LogP contribution in [-0.4, -0.2) is 10.6 Å². The summed E-state index contributed by atoms with van der Waals surface area (Å²) in [6, 6.07) is 0. The highest BCUT2D eigenvalue weighted by atomic mass is 127. The fourth-order valence-corrected chi connectivity index (χ4v) is 2.50. The zero-order valence-corrected chi connectivity index (χ0v) is 9.02. The van der Waals surface area contributed by atoms with E-state index in [4.69, 9.17) is 0 Å². The molecule has 2 heteroatoms. The van der Waals surface area contributed by atoms with E-state index in [1.54, 1.807) is 0 Å². The summed E-state index contributed by atoms with van der Waals surface area (Å²) in [7, 11) is 0. The van der Waals surface area contributed by atoms with Crippen LogP contribution >= 0.6 is 22.6 Å². The summed E-state index contributed by atoms with van der Waals surface area (Å²) < 4.78 is 12.7. The monoisotopic (exact) mass is 270 g/mol. The van der Waals surface area contributed by atoms with Crippen molar-refractivity contribution in [3.63, 3.8) is 0 Å². The van der Waals surface area contributed by atoms with Crippen molar-refractivity contribution in [2.24, 2.45) is 5.92 Å². The van der Waals surface area contributed by atoms with E-state index in [1.807, 2.05) is 0 Å². The zero-order valence-electron chi connectivity index (χ0n) is 6.86. The summed E-state index contributed by atoms with van der Waals surface area (Å²) in [4.78, 5) is 0. The van der Waals surface area contributed by atoms with Gasteiger partial charge in [0, 0.05) is 3.92 Å². The first-order valence-corrected chi connectivity index (χ1v) is 5.77. The van der Waals surface area contributed by atoms with Crippen LogP contribution in [0.1, 0.15) is 38.5 Å². The molecule has 66 valence electrons. The summed E-state index contributed by atoms with van der Waals surface area (Å²) in [6.07, 6.45) is 7.31. The lowest BCUT2D eigenvalue weighted by Crippen LogP contribution is -2.13. The van der Waals surface area contributed by atoms with Crippen LogP contribution in [0, 0.1) is 5.92 Å². The summed E-state index contributed by atoms with van der Waals surface area (Å²) >= 11 is 2.53. The maximum absolute atomic E-state index is 11.8. The van der Waals surface area contributed by atoms with Gasteiger partial charge in [-0.05, 0) is 44.4 Å². The van der Waals surface area contributed by atoms with E-state index in [-0.39, 0.29) is 6.67 Å². The highest BCUT2D eigenvalue weighted by Crippen LogP contribution is 2.31. The zero-order chi connectivity index (χ0) is 8.10. The van der Waals surface area contributed by atoms with Crippen LogP contribution in [0.25, 0.3) is 0 Å². The van der Waals surface area contributed by atoms with E-state index >= 15 is 0 Å². The second-order valence-electron chi connectivity index (χ2n) is 3.45. The van der Waals surface area contributed by atoms with Crippen LogP contribution in [0.3, 0.4) is 0 Å². The summed E-state index contributed by atoms with van der Waals surface area (Å²) in [5.74, 6) is 0.844. The number of rotatable bonds is 3. The molecule has 1 saturated carbocycles. The molecule has 0 unspecified atom stereocenters. The lowest BCUT2D eigenvalue weighted by molar-refractivity contribution is 0.324. The van der Waals surface area contributed by atoms with E-state index in [0.29, 0.717) is 0 Å². The molecule has 0 aliphatic heterocycles. The Morgan fingerprint density at radius 3 is 2.36 bits per heavy atom. The second-order valence-corrected chi connectivity index (χ2v) is 5.21. The van der Waals surface area contributed by atoms with Crippen molar-refractivity contribution in [3.8, 4) is 0 Å². The van der Waals surface area contributed by atoms with E-state index in [1.165, 1.54) is 25.7 Å². The van der Waals surface area contributed by atoms with Crippen molar-refractivity contribution < 1.29 is 4.39 Å². The lowest BCUT2D eigenvalue weighted by atomic mass is 9.86. The Balaban J connectivity index is 2.07. The van der Waals surface area contributed by atoms with Crippen LogP contribution in [0.4, 0.5) is 4.39 Å². The standard InChI is InChI=1S/C9H16FI/c10-7-1-2-8-3-5-9(11)6-4-8/h8-9H,1-7H2. The van der Waals surface area contributed by atoms with Gasteiger partial charge in [-0.25, -0.2) is 0 Å². The number of halogens is 2. The van der Waals surface area contributed by atoms with Crippen molar-refractivity contribution in [2.75, 3.05) is 6.67 Å². The van der Waals surface area contributed by atoms with Gasteiger partial charge in [-0.1, -0.05) is 22.6 Å². The minimum atomic E-state index is -0.121. The molecule has 0 amide bonds. The lowest BCUT2D eigenvalue weighted by Gasteiger charge is -2.24. The molecule has 1 fully saturated rings. The molecule has 0 aromatic heterocycles. The molecule has 1 aliphatic carbocycles. The fraction of sp³-hybridized carbons (Fsp3) is 1.00. The molecule has 0 N–H and O–H groups in total. The molecule has 0 heterocycles. The van der Waals surface area contributed by atoms with Gasteiger partial charge < -0.3 is 0 Å². The molecule has 1 rings (SSSR count). The van der Waals surface area contributed by atoms with Gasteiger partial charge in [-0.15, -0.1) is 0 Å². The fourth-order valence-electron chi connectivity index (χ4n) is 1.78. The highest BCUT2D eigenvalue weighted by Gasteiger charge is 2.18. The van der Waals surface area contributed by atoms with Crippen molar-refractivity contribution >= 4 is 22.6 Å². The van der Waals surface area contributed by atoms with E-state index in [2.05, 4.69) is 22.6 Å². The molecule has 1 aliphatic rings. The topological polar surface area (TPSA) is 0 Å². The largest absolute Gasteiger partial charge is 0.251 e. The van der Waals surface area contributed by atoms with Crippen molar-refractivity contribution in [2.45, 2.75) is 42.4 Å². The molecule has 0 atom stereocenters. The van der Waals surface area contributed by atoms with Gasteiger partial charge >= 0.3 is 0 Å². The molecule has 0 nitrogen and oxygen atoms in total. The van der Waals surface area contributed by atoms with Gasteiger partial charge in [-0.2, -0.15) is 0 Å². The van der Waals surface area contributed by atoms with Crippen molar-refractivity contribution in [3.05, 3.63) is 0 Å². The van der Waals surface area contributed by atoms with Crippen LogP contribution in [0.5, 0.6) is 0 Å². The number of alkyl halides is 2. The van der Waals surface area contributed by atoms with Gasteiger partial charge in [0.15, 0.2) is 0 Å². The van der Waals surface area contributed by atoms with Crippen LogP contribution < -0.4 is 0 Å². The molecular formula is C9H16FI. The first kappa shape index (κ1) is 9.75. The van der Waals surface area contributed by atoms with E-state index in [9.17, 15) is 4.39 Å². The second kappa shape index (κ2) is 5.33. The number of hydrogen-bond donors (Lipinski definition) is 0. The Bertz CT molecular complexity index is 95.0. The third-order valence-corrected chi connectivity index (χ3v) is 3.77. The predicted molar refractivity (Wildman–Crippen MR) is 55.0 cm³/mol. The maximum atomic E-state index is 11.8. The average molecular weight is 270 g/mol. The third kappa shape index (κ3) is 3.72. The Morgan fingerprint density at radius 1 is 1.18 bits per heavy atom. The maximum Gasteiger partial charge on any atom is 0.0894 e. The summed E-state index contributed by atoms with van der Waals surface area (Å²) in [5.41, 5.74) is 0. The minimum absolute atomic E-state index is 0.121. The Hall–Kier alpha value is 0.660. The first-order valence-electron chi connectivity index (χ1n) is 4.53. The first-order chi connectivity index (χ1) is 5.33. The van der Waals surface area contributed by atoms with Crippen molar-refractivity contribution in [1.29, 1.82) is 0 Å². The van der Waals surface area contributed by atoms with Gasteiger partial charge in [0.25, 0.3) is 0 Å². The molecule has 11 heavy (non-hydrogen) atoms. The van der Waals surface area contributed by atoms with Gasteiger partial charge in [0.05, 0.1) is 6.67 Å². The Morgan fingerprint density at radius 2 is 1.82 bits per heavy atom. The van der Waals surface area contributed by atoms with E-state index in [0.717, 1.165) is 22.7 Å².